The smallest absolute Gasteiger partial charge is 0.160 e. The quantitative estimate of drug-likeness (QED) is 0.178. The SMILES string of the molecule is CC1(C)c2ccccc2-c2cc3c(cc21)-c1ccc(-c2cccc(-c4cccc(-c5nc(-c6ccccc6)nc6c5sc5ccccc56)c4)c2)cc1C31CCCCC1. The van der Waals surface area contributed by atoms with Crippen LogP contribution in [0.4, 0.5) is 0 Å². The highest BCUT2D eigenvalue weighted by molar-refractivity contribution is 7.26. The van der Waals surface area contributed by atoms with E-state index < -0.39 is 0 Å². The molecule has 2 nitrogen and oxygen atoms in total. The van der Waals surface area contributed by atoms with Crippen LogP contribution in [-0.4, -0.2) is 9.97 Å². The van der Waals surface area contributed by atoms with E-state index in [1.54, 1.807) is 16.9 Å². The third-order valence-corrected chi connectivity index (χ3v) is 14.9. The monoisotopic (exact) mass is 762 g/mol. The van der Waals surface area contributed by atoms with Gasteiger partial charge in [0.1, 0.15) is 0 Å². The molecule has 1 fully saturated rings. The minimum absolute atomic E-state index is 0.0113. The van der Waals surface area contributed by atoms with Crippen molar-refractivity contribution in [2.75, 3.05) is 0 Å². The van der Waals surface area contributed by atoms with Crippen molar-refractivity contribution in [2.24, 2.45) is 0 Å². The summed E-state index contributed by atoms with van der Waals surface area (Å²) in [4.78, 5) is 10.4. The maximum Gasteiger partial charge on any atom is 0.160 e. The number of thiophene rings is 1. The summed E-state index contributed by atoms with van der Waals surface area (Å²) in [6.07, 6.45) is 6.32. The third-order valence-electron chi connectivity index (χ3n) is 13.7. The highest BCUT2D eigenvalue weighted by Gasteiger charge is 2.46. The Hall–Kier alpha value is -6.16. The first-order chi connectivity index (χ1) is 28.5. The normalized spacial score (nSPS) is 15.7. The molecule has 0 bridgehead atoms. The van der Waals surface area contributed by atoms with E-state index in [0.717, 1.165) is 32.9 Å². The van der Waals surface area contributed by atoms with Crippen molar-refractivity contribution in [3.63, 3.8) is 0 Å². The van der Waals surface area contributed by atoms with Gasteiger partial charge >= 0.3 is 0 Å². The molecular weight excluding hydrogens is 721 g/mol. The lowest BCUT2D eigenvalue weighted by Crippen LogP contribution is -2.28. The van der Waals surface area contributed by atoms with Gasteiger partial charge in [0, 0.05) is 32.0 Å². The van der Waals surface area contributed by atoms with Gasteiger partial charge in [0.15, 0.2) is 5.82 Å². The molecule has 3 aliphatic rings. The van der Waals surface area contributed by atoms with E-state index in [0.29, 0.717) is 0 Å². The maximum absolute atomic E-state index is 5.27. The summed E-state index contributed by atoms with van der Waals surface area (Å²) in [5, 5.41) is 1.18. The summed E-state index contributed by atoms with van der Waals surface area (Å²) in [6, 6.07) is 58.7. The first kappa shape index (κ1) is 33.9. The Kier molecular flexibility index (Phi) is 7.41. The molecule has 3 aliphatic carbocycles. The second-order valence-electron chi connectivity index (χ2n) is 17.2. The summed E-state index contributed by atoms with van der Waals surface area (Å²) in [5.41, 5.74) is 20.9. The third kappa shape index (κ3) is 4.96. The number of benzene rings is 7. The Balaban J connectivity index is 0.956. The number of hydrogen-bond donors (Lipinski definition) is 0. The van der Waals surface area contributed by atoms with Crippen molar-refractivity contribution in [2.45, 2.75) is 56.8 Å². The highest BCUT2D eigenvalue weighted by atomic mass is 32.1. The fourth-order valence-electron chi connectivity index (χ4n) is 10.8. The second-order valence-corrected chi connectivity index (χ2v) is 18.3. The zero-order chi connectivity index (χ0) is 38.6. The number of nitrogens with zero attached hydrogens (tertiary/aromatic N) is 2. The lowest BCUT2D eigenvalue weighted by Gasteiger charge is -2.36. The summed E-state index contributed by atoms with van der Waals surface area (Å²) < 4.78 is 2.36. The average Bonchev–Trinajstić information content (AvgIpc) is 3.86. The van der Waals surface area contributed by atoms with Crippen LogP contribution in [0.5, 0.6) is 0 Å². The fourth-order valence-corrected chi connectivity index (χ4v) is 11.9. The molecule has 0 radical (unpaired) electrons. The Morgan fingerprint density at radius 2 is 1.05 bits per heavy atom. The molecule has 1 saturated carbocycles. The van der Waals surface area contributed by atoms with E-state index in [1.165, 1.54) is 103 Å². The lowest BCUT2D eigenvalue weighted by atomic mass is 9.67. The van der Waals surface area contributed by atoms with Crippen molar-refractivity contribution in [3.05, 3.63) is 180 Å². The van der Waals surface area contributed by atoms with Crippen molar-refractivity contribution < 1.29 is 0 Å². The largest absolute Gasteiger partial charge is 0.226 e. The fraction of sp³-hybridized carbons (Fsp3) is 0.164. The van der Waals surface area contributed by atoms with Gasteiger partial charge in [0.2, 0.25) is 0 Å². The molecule has 0 aliphatic heterocycles. The number of hydrogen-bond acceptors (Lipinski definition) is 3. The number of rotatable bonds is 4. The van der Waals surface area contributed by atoms with Gasteiger partial charge in [0.05, 0.1) is 15.9 Å². The Morgan fingerprint density at radius 1 is 0.448 bits per heavy atom. The van der Waals surface area contributed by atoms with Crippen LogP contribution in [-0.2, 0) is 10.8 Å². The maximum atomic E-state index is 5.27. The average molecular weight is 763 g/mol. The Labute approximate surface area is 343 Å². The Bertz CT molecular complexity index is 3130. The molecule has 1 spiro atoms. The zero-order valence-corrected chi connectivity index (χ0v) is 33.7. The van der Waals surface area contributed by atoms with Crippen LogP contribution in [0.25, 0.3) is 87.5 Å². The van der Waals surface area contributed by atoms with E-state index in [9.17, 15) is 0 Å². The van der Waals surface area contributed by atoms with Crippen molar-refractivity contribution in [3.8, 4) is 67.2 Å². The minimum atomic E-state index is -0.0113. The molecule has 3 heteroatoms. The molecule has 9 aromatic rings. The summed E-state index contributed by atoms with van der Waals surface area (Å²) in [5.74, 6) is 0.756. The van der Waals surface area contributed by atoms with Crippen LogP contribution in [0, 0.1) is 0 Å². The van der Waals surface area contributed by atoms with Gasteiger partial charge in [0.25, 0.3) is 0 Å². The van der Waals surface area contributed by atoms with Crippen molar-refractivity contribution in [1.29, 1.82) is 0 Å². The van der Waals surface area contributed by atoms with Crippen LogP contribution >= 0.6 is 11.3 Å². The minimum Gasteiger partial charge on any atom is -0.226 e. The molecule has 12 rings (SSSR count). The molecule has 58 heavy (non-hydrogen) atoms. The Morgan fingerprint density at radius 3 is 1.86 bits per heavy atom. The van der Waals surface area contributed by atoms with Gasteiger partial charge in [-0.15, -0.1) is 11.3 Å². The predicted octanol–water partition coefficient (Wildman–Crippen LogP) is 15.0. The van der Waals surface area contributed by atoms with Gasteiger partial charge in [-0.05, 0) is 116 Å². The topological polar surface area (TPSA) is 25.8 Å². The lowest BCUT2D eigenvalue weighted by molar-refractivity contribution is 0.353. The van der Waals surface area contributed by atoms with E-state index in [2.05, 4.69) is 166 Å². The molecule has 2 aromatic heterocycles. The molecule has 0 saturated heterocycles. The molecule has 0 atom stereocenters. The van der Waals surface area contributed by atoms with Gasteiger partial charge in [-0.3, -0.25) is 0 Å². The van der Waals surface area contributed by atoms with Gasteiger partial charge in [-0.25, -0.2) is 9.97 Å². The molecule has 2 heterocycles. The van der Waals surface area contributed by atoms with Crippen molar-refractivity contribution >= 4 is 31.6 Å². The molecular formula is C55H42N2S. The molecule has 0 N–H and O–H groups in total. The van der Waals surface area contributed by atoms with E-state index in [-0.39, 0.29) is 10.8 Å². The molecule has 7 aromatic carbocycles. The van der Waals surface area contributed by atoms with Crippen LogP contribution in [0.3, 0.4) is 0 Å². The molecule has 278 valence electrons. The number of fused-ring (bicyclic) bond motifs is 11. The molecule has 0 amide bonds. The summed E-state index contributed by atoms with van der Waals surface area (Å²) in [6.45, 7) is 4.81. The van der Waals surface area contributed by atoms with Gasteiger partial charge in [-0.1, -0.05) is 154 Å². The second kappa shape index (κ2) is 12.7. The molecule has 0 unspecified atom stereocenters. The number of aromatic nitrogens is 2. The van der Waals surface area contributed by atoms with E-state index in [1.807, 2.05) is 6.07 Å². The highest BCUT2D eigenvalue weighted by Crippen LogP contribution is 2.60. The van der Waals surface area contributed by atoms with E-state index >= 15 is 0 Å². The van der Waals surface area contributed by atoms with Gasteiger partial charge in [-0.2, -0.15) is 0 Å². The van der Waals surface area contributed by atoms with Crippen LogP contribution < -0.4 is 0 Å². The predicted molar refractivity (Wildman–Crippen MR) is 244 cm³/mol. The van der Waals surface area contributed by atoms with Gasteiger partial charge < -0.3 is 0 Å². The first-order valence-corrected chi connectivity index (χ1v) is 21.7. The zero-order valence-electron chi connectivity index (χ0n) is 32.8. The van der Waals surface area contributed by atoms with Crippen LogP contribution in [0.1, 0.15) is 68.2 Å². The van der Waals surface area contributed by atoms with Crippen molar-refractivity contribution in [1.82, 2.24) is 9.97 Å². The van der Waals surface area contributed by atoms with Crippen LogP contribution in [0.2, 0.25) is 0 Å². The summed E-state index contributed by atoms with van der Waals surface area (Å²) >= 11 is 1.78. The summed E-state index contributed by atoms with van der Waals surface area (Å²) in [7, 11) is 0. The first-order valence-electron chi connectivity index (χ1n) is 20.9. The standard InChI is InChI=1S/C55H42N2S/c1-54(2)45-23-9-7-21-40(45)43-33-48-44(32-46(43)54)41-26-25-38(31-47(41)55(48)27-11-4-12-28-55)36-18-13-17-35(29-36)37-19-14-20-39(30-37)50-52-51(42-22-8-10-24-49(42)58-52)57-53(56-50)34-15-5-3-6-16-34/h3,5-10,13-26,29-33H,4,11-12,27-28H2,1-2H3. The van der Waals surface area contributed by atoms with E-state index in [4.69, 9.17) is 9.97 Å². The van der Waals surface area contributed by atoms with Crippen LogP contribution in [0.15, 0.2) is 158 Å².